The second-order valence-corrected chi connectivity index (χ2v) is 10.5. The second kappa shape index (κ2) is 15.1. The molecule has 0 unspecified atom stereocenters. The molecule has 3 aromatic carbocycles. The number of benzene rings is 2. The van der Waals surface area contributed by atoms with E-state index in [2.05, 4.69) is 16.0 Å². The van der Waals surface area contributed by atoms with Gasteiger partial charge in [0.25, 0.3) is 0 Å². The molecule has 0 fully saturated rings. The van der Waals surface area contributed by atoms with Crippen molar-refractivity contribution >= 4 is 17.5 Å². The summed E-state index contributed by atoms with van der Waals surface area (Å²) in [7, 11) is 6.32. The minimum absolute atomic E-state index is 0.0550. The van der Waals surface area contributed by atoms with Crippen molar-refractivity contribution in [1.82, 2.24) is 10.6 Å². The largest absolute Gasteiger partial charge is 0.496 e. The Morgan fingerprint density at radius 3 is 2.34 bits per heavy atom. The van der Waals surface area contributed by atoms with Crippen molar-refractivity contribution in [2.24, 2.45) is 0 Å². The number of nitrogens with one attached hydrogen (secondary N) is 3. The van der Waals surface area contributed by atoms with Gasteiger partial charge in [0.05, 0.1) is 40.2 Å². The van der Waals surface area contributed by atoms with Crippen molar-refractivity contribution in [1.29, 1.82) is 0 Å². The summed E-state index contributed by atoms with van der Waals surface area (Å²) >= 11 is 0. The quantitative estimate of drug-likeness (QED) is 0.245. The number of methoxy groups -OCH3 is 4. The zero-order chi connectivity index (χ0) is 31.6. The van der Waals surface area contributed by atoms with Crippen molar-refractivity contribution in [2.45, 2.75) is 45.1 Å². The number of fused-ring (bicyclic) bond motifs is 3. The van der Waals surface area contributed by atoms with E-state index in [-0.39, 0.29) is 23.3 Å². The van der Waals surface area contributed by atoms with Gasteiger partial charge < -0.3 is 34.9 Å². The Morgan fingerprint density at radius 1 is 0.886 bits per heavy atom. The van der Waals surface area contributed by atoms with Crippen molar-refractivity contribution in [2.75, 3.05) is 46.8 Å². The van der Waals surface area contributed by atoms with Gasteiger partial charge in [0, 0.05) is 32.0 Å². The van der Waals surface area contributed by atoms with Crippen molar-refractivity contribution < 1.29 is 28.5 Å². The molecule has 0 radical (unpaired) electrons. The highest BCUT2D eigenvalue weighted by Gasteiger charge is 2.29. The molecule has 2 amide bonds. The first-order valence-corrected chi connectivity index (χ1v) is 14.7. The van der Waals surface area contributed by atoms with Gasteiger partial charge in [-0.3, -0.25) is 14.4 Å². The number of para-hydroxylation sites is 1. The first-order valence-electron chi connectivity index (χ1n) is 14.7. The topological polar surface area (TPSA) is 124 Å². The van der Waals surface area contributed by atoms with Crippen LogP contribution in [0.3, 0.4) is 0 Å². The van der Waals surface area contributed by atoms with E-state index in [1.165, 1.54) is 6.92 Å². The average molecular weight is 604 g/mol. The first kappa shape index (κ1) is 32.2. The van der Waals surface area contributed by atoms with E-state index in [0.717, 1.165) is 28.0 Å². The molecule has 10 nitrogen and oxygen atoms in total. The third-order valence-corrected chi connectivity index (χ3v) is 7.72. The third kappa shape index (κ3) is 7.42. The Kier molecular flexibility index (Phi) is 11.1. The Balaban J connectivity index is 1.51. The van der Waals surface area contributed by atoms with Crippen LogP contribution in [0.4, 0.5) is 5.69 Å². The van der Waals surface area contributed by atoms with Gasteiger partial charge in [0.2, 0.25) is 23.0 Å². The second-order valence-electron chi connectivity index (χ2n) is 10.5. The van der Waals surface area contributed by atoms with Gasteiger partial charge in [0.15, 0.2) is 11.5 Å². The minimum atomic E-state index is -0.385. The van der Waals surface area contributed by atoms with Gasteiger partial charge in [-0.25, -0.2) is 0 Å². The maximum atomic E-state index is 13.4. The SMILES string of the molecule is COc1ccccc1CCNC(=O)CCCNc1ccc2c(cc1=O)[C@@H](NC(C)=O)CCc1cc(OC)c(OC)c(OC)c1-2. The molecular weight excluding hydrogens is 562 g/mol. The van der Waals surface area contributed by atoms with Gasteiger partial charge in [-0.15, -0.1) is 0 Å². The van der Waals surface area contributed by atoms with Crippen LogP contribution in [-0.4, -0.2) is 53.3 Å². The third-order valence-electron chi connectivity index (χ3n) is 7.72. The van der Waals surface area contributed by atoms with E-state index in [9.17, 15) is 14.4 Å². The van der Waals surface area contributed by atoms with E-state index in [1.54, 1.807) is 40.6 Å². The number of ether oxygens (including phenoxy) is 4. The molecule has 0 bridgehead atoms. The van der Waals surface area contributed by atoms with Crippen LogP contribution in [0.5, 0.6) is 23.0 Å². The minimum Gasteiger partial charge on any atom is -0.496 e. The lowest BCUT2D eigenvalue weighted by atomic mass is 9.95. The van der Waals surface area contributed by atoms with Crippen LogP contribution >= 0.6 is 0 Å². The maximum absolute atomic E-state index is 13.4. The first-order chi connectivity index (χ1) is 21.3. The summed E-state index contributed by atoms with van der Waals surface area (Å²) in [4.78, 5) is 38.0. The van der Waals surface area contributed by atoms with Gasteiger partial charge in [0.1, 0.15) is 5.75 Å². The Bertz CT molecular complexity index is 1560. The lowest BCUT2D eigenvalue weighted by molar-refractivity contribution is -0.121. The van der Waals surface area contributed by atoms with E-state index in [4.69, 9.17) is 18.9 Å². The van der Waals surface area contributed by atoms with Crippen LogP contribution < -0.4 is 40.3 Å². The molecule has 0 heterocycles. The van der Waals surface area contributed by atoms with E-state index in [1.807, 2.05) is 36.4 Å². The van der Waals surface area contributed by atoms with Crippen LogP contribution in [0.1, 0.15) is 48.9 Å². The highest BCUT2D eigenvalue weighted by atomic mass is 16.5. The van der Waals surface area contributed by atoms with Gasteiger partial charge in [-0.1, -0.05) is 24.3 Å². The van der Waals surface area contributed by atoms with Crippen LogP contribution in [0, 0.1) is 0 Å². The Labute approximate surface area is 258 Å². The summed E-state index contributed by atoms with van der Waals surface area (Å²) < 4.78 is 22.4. The Hall–Kier alpha value is -4.73. The number of rotatable bonds is 13. The molecule has 0 spiro atoms. The number of hydrogen-bond acceptors (Lipinski definition) is 8. The molecule has 3 aromatic rings. The fourth-order valence-electron chi connectivity index (χ4n) is 5.66. The molecule has 3 N–H and O–H groups in total. The number of anilines is 1. The predicted molar refractivity (Wildman–Crippen MR) is 170 cm³/mol. The molecule has 1 aliphatic rings. The molecule has 0 saturated heterocycles. The lowest BCUT2D eigenvalue weighted by Gasteiger charge is -2.19. The maximum Gasteiger partial charge on any atom is 0.220 e. The molecule has 0 aliphatic heterocycles. The number of hydrogen-bond donors (Lipinski definition) is 3. The fourth-order valence-corrected chi connectivity index (χ4v) is 5.66. The van der Waals surface area contributed by atoms with E-state index < -0.39 is 0 Å². The molecule has 10 heteroatoms. The fraction of sp³-hybridized carbons (Fsp3) is 0.382. The molecule has 44 heavy (non-hydrogen) atoms. The molecule has 0 aromatic heterocycles. The highest BCUT2D eigenvalue weighted by molar-refractivity contribution is 5.84. The standard InChI is InChI=1S/C34H41N3O7/c1-21(38)37-26-14-12-23-19-30(42-3)33(43-4)34(44-5)32(23)24-13-15-27(28(39)20-25(24)26)35-17-8-11-31(40)36-18-16-22-9-6-7-10-29(22)41-2/h6-7,9-10,13,15,19-20,26H,8,11-12,14,16-18H2,1-5H3,(H,35,39)(H,36,40)(H,37,38)/t26-/m0/s1. The van der Waals surface area contributed by atoms with Crippen molar-refractivity contribution in [3.8, 4) is 34.1 Å². The average Bonchev–Trinajstić information content (AvgIpc) is 3.26. The van der Waals surface area contributed by atoms with Gasteiger partial charge >= 0.3 is 0 Å². The summed E-state index contributed by atoms with van der Waals surface area (Å²) in [5.41, 5.74) is 4.42. The van der Waals surface area contributed by atoms with Crippen molar-refractivity contribution in [3.05, 3.63) is 75.4 Å². The van der Waals surface area contributed by atoms with Gasteiger partial charge in [-0.2, -0.15) is 0 Å². The Morgan fingerprint density at radius 2 is 1.64 bits per heavy atom. The smallest absolute Gasteiger partial charge is 0.220 e. The highest BCUT2D eigenvalue weighted by Crippen LogP contribution is 2.50. The number of carbonyl (C=O) groups is 2. The van der Waals surface area contributed by atoms with E-state index >= 15 is 0 Å². The summed E-state index contributed by atoms with van der Waals surface area (Å²) in [5, 5.41) is 9.16. The molecular formula is C34H41N3O7. The van der Waals surface area contributed by atoms with E-state index in [0.29, 0.717) is 73.7 Å². The predicted octanol–water partition coefficient (Wildman–Crippen LogP) is 4.42. The summed E-state index contributed by atoms with van der Waals surface area (Å²) in [5.74, 6) is 2.05. The number of carbonyl (C=O) groups excluding carboxylic acids is 2. The van der Waals surface area contributed by atoms with Crippen LogP contribution in [0.25, 0.3) is 11.1 Å². The van der Waals surface area contributed by atoms with Crippen molar-refractivity contribution in [3.63, 3.8) is 0 Å². The monoisotopic (exact) mass is 603 g/mol. The molecule has 1 atom stereocenters. The molecule has 4 rings (SSSR count). The van der Waals surface area contributed by atoms with Gasteiger partial charge in [-0.05, 0) is 72.2 Å². The zero-order valence-electron chi connectivity index (χ0n) is 26.0. The van der Waals surface area contributed by atoms with Crippen LogP contribution in [0.2, 0.25) is 0 Å². The lowest BCUT2D eigenvalue weighted by Crippen LogP contribution is -2.26. The molecule has 234 valence electrons. The summed E-state index contributed by atoms with van der Waals surface area (Å²) in [6.45, 7) is 2.41. The normalized spacial score (nSPS) is 13.4. The number of amides is 2. The summed E-state index contributed by atoms with van der Waals surface area (Å²) in [6.07, 6.45) is 2.73. The summed E-state index contributed by atoms with van der Waals surface area (Å²) in [6, 6.07) is 14.5. The van der Waals surface area contributed by atoms with Crippen LogP contribution in [0.15, 0.2) is 53.3 Å². The number of aryl methyl sites for hydroxylation is 1. The van der Waals surface area contributed by atoms with Crippen LogP contribution in [-0.2, 0) is 22.4 Å². The zero-order valence-corrected chi connectivity index (χ0v) is 26.0. The molecule has 1 aliphatic carbocycles. The molecule has 0 saturated carbocycles.